The molecule has 0 aliphatic carbocycles. The van der Waals surface area contributed by atoms with Crippen LogP contribution in [0.15, 0.2) is 28.8 Å². The molecular formula is C13H11ClFN3O. The van der Waals surface area contributed by atoms with Crippen molar-refractivity contribution < 1.29 is 8.91 Å². The molecule has 19 heavy (non-hydrogen) atoms. The van der Waals surface area contributed by atoms with Gasteiger partial charge < -0.3 is 9.09 Å². The first-order valence-corrected chi connectivity index (χ1v) is 6.33. The fourth-order valence-electron chi connectivity index (χ4n) is 2.08. The average Bonchev–Trinajstić information content (AvgIpc) is 2.94. The number of nitrogens with zero attached hydrogens (tertiary/aromatic N) is 3. The lowest BCUT2D eigenvalue weighted by Crippen LogP contribution is -2.03. The minimum Gasteiger partial charge on any atom is -0.359 e. The first-order chi connectivity index (χ1) is 9.17. The molecule has 2 heterocycles. The van der Waals surface area contributed by atoms with Crippen LogP contribution in [0, 0.1) is 12.7 Å². The molecule has 4 nitrogen and oxygen atoms in total. The van der Waals surface area contributed by atoms with E-state index in [4.69, 9.17) is 16.1 Å². The summed E-state index contributed by atoms with van der Waals surface area (Å²) in [5, 5.41) is 3.85. The molecule has 0 saturated heterocycles. The van der Waals surface area contributed by atoms with Crippen LogP contribution in [0.1, 0.15) is 17.3 Å². The maximum atomic E-state index is 13.2. The van der Waals surface area contributed by atoms with Gasteiger partial charge in [0.25, 0.3) is 0 Å². The van der Waals surface area contributed by atoms with Gasteiger partial charge in [0.2, 0.25) is 0 Å². The Kier molecular flexibility index (Phi) is 2.98. The lowest BCUT2D eigenvalue weighted by Gasteiger charge is -2.04. The number of fused-ring (bicyclic) bond motifs is 1. The third kappa shape index (κ3) is 2.21. The maximum Gasteiger partial charge on any atom is 0.156 e. The van der Waals surface area contributed by atoms with E-state index in [0.717, 1.165) is 11.2 Å². The topological polar surface area (TPSA) is 43.9 Å². The van der Waals surface area contributed by atoms with E-state index in [1.165, 1.54) is 12.1 Å². The number of rotatable bonds is 3. The van der Waals surface area contributed by atoms with Gasteiger partial charge in [0.1, 0.15) is 11.6 Å². The first-order valence-electron chi connectivity index (χ1n) is 5.80. The second-order valence-electron chi connectivity index (χ2n) is 4.32. The van der Waals surface area contributed by atoms with Crippen LogP contribution in [0.25, 0.3) is 11.0 Å². The third-order valence-corrected chi connectivity index (χ3v) is 3.14. The van der Waals surface area contributed by atoms with Gasteiger partial charge in [-0.3, -0.25) is 0 Å². The number of imidazole rings is 1. The molecule has 0 spiro atoms. The highest BCUT2D eigenvalue weighted by molar-refractivity contribution is 6.16. The number of hydrogen-bond donors (Lipinski definition) is 0. The number of aromatic nitrogens is 3. The van der Waals surface area contributed by atoms with Gasteiger partial charge >= 0.3 is 0 Å². The molecule has 0 atom stereocenters. The Morgan fingerprint density at radius 1 is 1.37 bits per heavy atom. The molecule has 3 rings (SSSR count). The zero-order chi connectivity index (χ0) is 13.4. The molecule has 98 valence electrons. The normalized spacial score (nSPS) is 11.3. The van der Waals surface area contributed by atoms with E-state index in [9.17, 15) is 4.39 Å². The van der Waals surface area contributed by atoms with E-state index in [-0.39, 0.29) is 11.7 Å². The van der Waals surface area contributed by atoms with Crippen LogP contribution in [0.2, 0.25) is 0 Å². The van der Waals surface area contributed by atoms with E-state index in [1.807, 2.05) is 17.6 Å². The molecule has 0 unspecified atom stereocenters. The van der Waals surface area contributed by atoms with Gasteiger partial charge in [-0.2, -0.15) is 0 Å². The minimum absolute atomic E-state index is 0.253. The van der Waals surface area contributed by atoms with Crippen LogP contribution < -0.4 is 0 Å². The summed E-state index contributed by atoms with van der Waals surface area (Å²) >= 11 is 5.89. The molecule has 0 amide bonds. The number of benzene rings is 1. The second kappa shape index (κ2) is 4.66. The van der Waals surface area contributed by atoms with Gasteiger partial charge in [-0.25, -0.2) is 9.37 Å². The van der Waals surface area contributed by atoms with Crippen LogP contribution in [0.3, 0.4) is 0 Å². The molecule has 3 aromatic rings. The SMILES string of the molecule is Cc1cc(Cn2c(CCl)nc3cc(F)ccc32)on1. The number of aryl methyl sites for hydroxylation is 1. The van der Waals surface area contributed by atoms with Crippen molar-refractivity contribution in [2.75, 3.05) is 0 Å². The van der Waals surface area contributed by atoms with Gasteiger partial charge in [0.15, 0.2) is 5.76 Å². The van der Waals surface area contributed by atoms with E-state index in [0.29, 0.717) is 23.6 Å². The molecular weight excluding hydrogens is 269 g/mol. The van der Waals surface area contributed by atoms with Gasteiger partial charge in [-0.15, -0.1) is 11.6 Å². The summed E-state index contributed by atoms with van der Waals surface area (Å²) in [6, 6.07) is 6.35. The Labute approximate surface area is 113 Å². The van der Waals surface area contributed by atoms with E-state index in [1.54, 1.807) is 6.07 Å². The highest BCUT2D eigenvalue weighted by Gasteiger charge is 2.12. The van der Waals surface area contributed by atoms with Crippen molar-refractivity contribution in [1.29, 1.82) is 0 Å². The fraction of sp³-hybridized carbons (Fsp3) is 0.231. The monoisotopic (exact) mass is 279 g/mol. The van der Waals surface area contributed by atoms with Crippen molar-refractivity contribution in [1.82, 2.24) is 14.7 Å². The van der Waals surface area contributed by atoms with E-state index < -0.39 is 0 Å². The predicted octanol–water partition coefficient (Wildman–Crippen LogP) is 3.26. The second-order valence-corrected chi connectivity index (χ2v) is 4.58. The molecule has 0 N–H and O–H groups in total. The van der Waals surface area contributed by atoms with E-state index in [2.05, 4.69) is 10.1 Å². The smallest absolute Gasteiger partial charge is 0.156 e. The minimum atomic E-state index is -0.311. The Hall–Kier alpha value is -1.88. The molecule has 0 fully saturated rings. The van der Waals surface area contributed by atoms with Crippen molar-refractivity contribution in [2.45, 2.75) is 19.3 Å². The third-order valence-electron chi connectivity index (χ3n) is 2.90. The van der Waals surface area contributed by atoms with Crippen molar-refractivity contribution in [3.8, 4) is 0 Å². The highest BCUT2D eigenvalue weighted by Crippen LogP contribution is 2.20. The summed E-state index contributed by atoms with van der Waals surface area (Å²) in [5.41, 5.74) is 2.23. The molecule has 0 aliphatic heterocycles. The highest BCUT2D eigenvalue weighted by atomic mass is 35.5. The summed E-state index contributed by atoms with van der Waals surface area (Å²) in [6.07, 6.45) is 0. The Morgan fingerprint density at radius 3 is 2.89 bits per heavy atom. The largest absolute Gasteiger partial charge is 0.359 e. The number of hydrogen-bond acceptors (Lipinski definition) is 3. The van der Waals surface area contributed by atoms with E-state index >= 15 is 0 Å². The number of halogens is 2. The lowest BCUT2D eigenvalue weighted by atomic mass is 10.3. The predicted molar refractivity (Wildman–Crippen MR) is 69.6 cm³/mol. The van der Waals surface area contributed by atoms with Gasteiger partial charge in [0, 0.05) is 12.1 Å². The van der Waals surface area contributed by atoms with Gasteiger partial charge in [0.05, 0.1) is 29.2 Å². The standard InChI is InChI=1S/C13H11ClFN3O/c1-8-4-10(19-17-8)7-18-12-3-2-9(15)5-11(12)16-13(18)6-14/h2-5H,6-7H2,1H3. The van der Waals surface area contributed by atoms with Crippen LogP contribution in [0.5, 0.6) is 0 Å². The Bertz CT molecular complexity index is 735. The van der Waals surface area contributed by atoms with Crippen molar-refractivity contribution >= 4 is 22.6 Å². The summed E-state index contributed by atoms with van der Waals surface area (Å²) in [7, 11) is 0. The average molecular weight is 280 g/mol. The molecule has 0 aliphatic rings. The van der Waals surface area contributed by atoms with Gasteiger partial charge in [-0.1, -0.05) is 5.16 Å². The Balaban J connectivity index is 2.10. The summed E-state index contributed by atoms with van der Waals surface area (Å²) in [4.78, 5) is 4.32. The molecule has 2 aromatic heterocycles. The molecule has 0 radical (unpaired) electrons. The molecule has 6 heteroatoms. The van der Waals surface area contributed by atoms with Crippen molar-refractivity contribution in [3.63, 3.8) is 0 Å². The Morgan fingerprint density at radius 2 is 2.21 bits per heavy atom. The zero-order valence-electron chi connectivity index (χ0n) is 10.2. The summed E-state index contributed by atoms with van der Waals surface area (Å²) in [5.74, 6) is 1.33. The van der Waals surface area contributed by atoms with Crippen LogP contribution >= 0.6 is 11.6 Å². The summed E-state index contributed by atoms with van der Waals surface area (Å²) in [6.45, 7) is 2.34. The number of alkyl halides is 1. The van der Waals surface area contributed by atoms with Crippen LogP contribution in [-0.4, -0.2) is 14.7 Å². The lowest BCUT2D eigenvalue weighted by molar-refractivity contribution is 0.373. The molecule has 1 aromatic carbocycles. The fourth-order valence-corrected chi connectivity index (χ4v) is 2.28. The van der Waals surface area contributed by atoms with Crippen LogP contribution in [0.4, 0.5) is 4.39 Å². The zero-order valence-corrected chi connectivity index (χ0v) is 11.0. The molecule has 0 saturated carbocycles. The molecule has 0 bridgehead atoms. The quantitative estimate of drug-likeness (QED) is 0.691. The van der Waals surface area contributed by atoms with Crippen molar-refractivity contribution in [2.24, 2.45) is 0 Å². The first kappa shape index (κ1) is 12.2. The van der Waals surface area contributed by atoms with Crippen LogP contribution in [-0.2, 0) is 12.4 Å². The maximum absolute atomic E-state index is 13.2. The summed E-state index contributed by atoms with van der Waals surface area (Å²) < 4.78 is 20.3. The van der Waals surface area contributed by atoms with Gasteiger partial charge in [-0.05, 0) is 19.1 Å². The van der Waals surface area contributed by atoms with Crippen molar-refractivity contribution in [3.05, 3.63) is 47.4 Å².